The molecule has 2 N–H and O–H groups in total. The summed E-state index contributed by atoms with van der Waals surface area (Å²) >= 11 is 3.25. The van der Waals surface area contributed by atoms with Crippen LogP contribution in [0.15, 0.2) is 22.7 Å². The lowest BCUT2D eigenvalue weighted by Crippen LogP contribution is -2.56. The molecule has 0 fully saturated rings. The molecular weight excluding hydrogens is 314 g/mol. The highest BCUT2D eigenvalue weighted by atomic mass is 79.9. The lowest BCUT2D eigenvalue weighted by Gasteiger charge is -2.36. The first-order valence-electron chi connectivity index (χ1n) is 5.91. The molecule has 0 bridgehead atoms. The third kappa shape index (κ3) is 2.00. The second kappa shape index (κ2) is 5.03. The number of carbonyl (C=O) groups is 2. The van der Waals surface area contributed by atoms with E-state index in [0.717, 1.165) is 4.90 Å². The molecule has 1 aromatic rings. The molecule has 0 saturated heterocycles. The second-order valence-corrected chi connectivity index (χ2v) is 5.45. The summed E-state index contributed by atoms with van der Waals surface area (Å²) in [6.45, 7) is 0.783. The fourth-order valence-electron chi connectivity index (χ4n) is 2.22. The van der Waals surface area contributed by atoms with Crippen LogP contribution in [0.1, 0.15) is 34.1 Å². The molecule has 0 saturated carbocycles. The standard InChI is InChI=1S/C13H14BrNO4/c1-2-13(6-16,7-17)15-11(18)9-4-3-8(14)5-10(9)12(15)19/h3-5,16-17H,2,6-7H2,1H3. The maximum atomic E-state index is 12.3. The van der Waals surface area contributed by atoms with Crippen LogP contribution in [-0.2, 0) is 0 Å². The number of halogens is 1. The topological polar surface area (TPSA) is 77.8 Å². The minimum atomic E-state index is -1.25. The minimum Gasteiger partial charge on any atom is -0.394 e. The van der Waals surface area contributed by atoms with Crippen molar-refractivity contribution >= 4 is 27.7 Å². The fourth-order valence-corrected chi connectivity index (χ4v) is 2.58. The van der Waals surface area contributed by atoms with Gasteiger partial charge >= 0.3 is 0 Å². The van der Waals surface area contributed by atoms with Gasteiger partial charge in [0.05, 0.1) is 29.9 Å². The first-order valence-corrected chi connectivity index (χ1v) is 6.70. The van der Waals surface area contributed by atoms with Gasteiger partial charge in [-0.3, -0.25) is 14.5 Å². The molecule has 0 aliphatic carbocycles. The highest BCUT2D eigenvalue weighted by Gasteiger charge is 2.47. The normalized spacial score (nSPS) is 15.1. The third-order valence-corrected chi connectivity index (χ3v) is 4.06. The number of amides is 2. The van der Waals surface area contributed by atoms with E-state index in [0.29, 0.717) is 15.6 Å². The maximum Gasteiger partial charge on any atom is 0.262 e. The molecule has 0 radical (unpaired) electrons. The lowest BCUT2D eigenvalue weighted by atomic mass is 9.96. The molecule has 0 unspecified atom stereocenters. The van der Waals surface area contributed by atoms with Crippen molar-refractivity contribution in [1.82, 2.24) is 4.90 Å². The van der Waals surface area contributed by atoms with Crippen molar-refractivity contribution in [3.63, 3.8) is 0 Å². The molecular formula is C13H14BrNO4. The van der Waals surface area contributed by atoms with Gasteiger partial charge < -0.3 is 10.2 Å². The van der Waals surface area contributed by atoms with Crippen molar-refractivity contribution in [3.05, 3.63) is 33.8 Å². The number of benzene rings is 1. The predicted octanol–water partition coefficient (Wildman–Crippen LogP) is 1.18. The zero-order chi connectivity index (χ0) is 14.2. The Balaban J connectivity index is 2.53. The summed E-state index contributed by atoms with van der Waals surface area (Å²) in [5.41, 5.74) is -0.660. The summed E-state index contributed by atoms with van der Waals surface area (Å²) in [5, 5.41) is 19.0. The van der Waals surface area contributed by atoms with Crippen molar-refractivity contribution in [2.45, 2.75) is 18.9 Å². The second-order valence-electron chi connectivity index (χ2n) is 4.53. The van der Waals surface area contributed by atoms with E-state index in [9.17, 15) is 19.8 Å². The SMILES string of the molecule is CCC(CO)(CO)N1C(=O)c2ccc(Br)cc2C1=O. The van der Waals surface area contributed by atoms with Gasteiger partial charge in [-0.05, 0) is 24.6 Å². The van der Waals surface area contributed by atoms with E-state index in [1.165, 1.54) is 0 Å². The highest BCUT2D eigenvalue weighted by Crippen LogP contribution is 2.32. The molecule has 102 valence electrons. The van der Waals surface area contributed by atoms with E-state index >= 15 is 0 Å². The van der Waals surface area contributed by atoms with Crippen LogP contribution >= 0.6 is 15.9 Å². The molecule has 5 nitrogen and oxygen atoms in total. The lowest BCUT2D eigenvalue weighted by molar-refractivity contribution is 0.000324. The van der Waals surface area contributed by atoms with Crippen molar-refractivity contribution in [2.75, 3.05) is 13.2 Å². The van der Waals surface area contributed by atoms with Gasteiger partial charge in [0.2, 0.25) is 0 Å². The Morgan fingerprint density at radius 3 is 2.26 bits per heavy atom. The van der Waals surface area contributed by atoms with Crippen molar-refractivity contribution in [1.29, 1.82) is 0 Å². The largest absolute Gasteiger partial charge is 0.394 e. The number of carbonyl (C=O) groups excluding carboxylic acids is 2. The predicted molar refractivity (Wildman–Crippen MR) is 71.8 cm³/mol. The van der Waals surface area contributed by atoms with Gasteiger partial charge in [0, 0.05) is 4.47 Å². The number of imide groups is 1. The average molecular weight is 328 g/mol. The summed E-state index contributed by atoms with van der Waals surface area (Å²) in [7, 11) is 0. The van der Waals surface area contributed by atoms with Gasteiger partial charge in [0.1, 0.15) is 0 Å². The number of hydrogen-bond donors (Lipinski definition) is 2. The van der Waals surface area contributed by atoms with E-state index in [1.807, 2.05) is 0 Å². The molecule has 2 amide bonds. The molecule has 0 atom stereocenters. The Bertz CT molecular complexity index is 531. The maximum absolute atomic E-state index is 12.3. The van der Waals surface area contributed by atoms with Crippen LogP contribution in [0.3, 0.4) is 0 Å². The molecule has 1 heterocycles. The molecule has 0 spiro atoms. The van der Waals surface area contributed by atoms with Gasteiger partial charge in [0.15, 0.2) is 0 Å². The van der Waals surface area contributed by atoms with E-state index in [1.54, 1.807) is 25.1 Å². The highest BCUT2D eigenvalue weighted by molar-refractivity contribution is 9.10. The monoisotopic (exact) mass is 327 g/mol. The summed E-state index contributed by atoms with van der Waals surface area (Å²) in [5.74, 6) is -0.955. The van der Waals surface area contributed by atoms with E-state index in [4.69, 9.17) is 0 Å². The Labute approximate surface area is 119 Å². The fraction of sp³-hybridized carbons (Fsp3) is 0.385. The zero-order valence-electron chi connectivity index (χ0n) is 10.4. The van der Waals surface area contributed by atoms with Crippen LogP contribution in [0.4, 0.5) is 0 Å². The van der Waals surface area contributed by atoms with Gasteiger partial charge in [-0.15, -0.1) is 0 Å². The minimum absolute atomic E-state index is 0.284. The van der Waals surface area contributed by atoms with Gasteiger partial charge in [-0.2, -0.15) is 0 Å². The molecule has 6 heteroatoms. The Hall–Kier alpha value is -1.24. The molecule has 1 aliphatic heterocycles. The van der Waals surface area contributed by atoms with Crippen LogP contribution in [-0.4, -0.2) is 45.7 Å². The van der Waals surface area contributed by atoms with E-state index in [-0.39, 0.29) is 6.42 Å². The summed E-state index contributed by atoms with van der Waals surface area (Å²) < 4.78 is 0.698. The average Bonchev–Trinajstić information content (AvgIpc) is 2.66. The first-order chi connectivity index (χ1) is 9.00. The van der Waals surface area contributed by atoms with Crippen LogP contribution in [0.2, 0.25) is 0 Å². The summed E-state index contributed by atoms with van der Waals surface area (Å²) in [6, 6.07) is 4.82. The molecule has 19 heavy (non-hydrogen) atoms. The first kappa shape index (κ1) is 14.2. The summed E-state index contributed by atoms with van der Waals surface area (Å²) in [6.07, 6.45) is 0.284. The zero-order valence-corrected chi connectivity index (χ0v) is 12.0. The molecule has 2 rings (SSSR count). The number of fused-ring (bicyclic) bond motifs is 1. The van der Waals surface area contributed by atoms with Gasteiger partial charge in [-0.1, -0.05) is 22.9 Å². The number of hydrogen-bond acceptors (Lipinski definition) is 4. The number of aliphatic hydroxyl groups excluding tert-OH is 2. The van der Waals surface area contributed by atoms with Gasteiger partial charge in [-0.25, -0.2) is 0 Å². The third-order valence-electron chi connectivity index (χ3n) is 3.57. The van der Waals surface area contributed by atoms with Gasteiger partial charge in [0.25, 0.3) is 11.8 Å². The number of nitrogens with zero attached hydrogens (tertiary/aromatic N) is 1. The van der Waals surface area contributed by atoms with Crippen molar-refractivity contribution < 1.29 is 19.8 Å². The Morgan fingerprint density at radius 2 is 1.74 bits per heavy atom. The van der Waals surface area contributed by atoms with Crippen LogP contribution < -0.4 is 0 Å². The number of rotatable bonds is 4. The van der Waals surface area contributed by atoms with Crippen LogP contribution in [0, 0.1) is 0 Å². The summed E-state index contributed by atoms with van der Waals surface area (Å²) in [4.78, 5) is 25.6. The van der Waals surface area contributed by atoms with Crippen LogP contribution in [0.25, 0.3) is 0 Å². The quantitative estimate of drug-likeness (QED) is 0.814. The van der Waals surface area contributed by atoms with E-state index < -0.39 is 30.6 Å². The van der Waals surface area contributed by atoms with E-state index in [2.05, 4.69) is 15.9 Å². The Kier molecular flexibility index (Phi) is 3.75. The van der Waals surface area contributed by atoms with Crippen molar-refractivity contribution in [3.8, 4) is 0 Å². The van der Waals surface area contributed by atoms with Crippen molar-refractivity contribution in [2.24, 2.45) is 0 Å². The number of aliphatic hydroxyl groups is 2. The molecule has 1 aliphatic rings. The van der Waals surface area contributed by atoms with Crippen LogP contribution in [0.5, 0.6) is 0 Å². The molecule has 0 aromatic heterocycles. The Morgan fingerprint density at radius 1 is 1.16 bits per heavy atom. The smallest absolute Gasteiger partial charge is 0.262 e. The molecule has 1 aromatic carbocycles.